The SMILES string of the molecule is c1ccc(-c2cccc(-c3cccc(-c4cccc(-c5ccc6c7c5Oc5ccccc5B7c5ccccc5O6)c4)c3)c2)cc1. The molecule has 9 rings (SSSR count). The lowest BCUT2D eigenvalue weighted by molar-refractivity contribution is 0.465. The summed E-state index contributed by atoms with van der Waals surface area (Å²) in [6.07, 6.45) is 0. The molecule has 0 aliphatic carbocycles. The molecule has 0 amide bonds. The van der Waals surface area contributed by atoms with Crippen LogP contribution in [0.4, 0.5) is 0 Å². The van der Waals surface area contributed by atoms with Crippen molar-refractivity contribution in [2.24, 2.45) is 0 Å². The summed E-state index contributed by atoms with van der Waals surface area (Å²) in [6, 6.07) is 57.8. The fourth-order valence-electron chi connectivity index (χ4n) is 6.87. The minimum atomic E-state index is 0.0522. The Morgan fingerprint density at radius 1 is 0.333 bits per heavy atom. The van der Waals surface area contributed by atoms with Crippen LogP contribution in [0.15, 0.2) is 164 Å². The molecule has 0 bridgehead atoms. The van der Waals surface area contributed by atoms with Crippen LogP contribution < -0.4 is 25.9 Å². The van der Waals surface area contributed by atoms with E-state index in [0.717, 1.165) is 45.2 Å². The Balaban J connectivity index is 1.13. The van der Waals surface area contributed by atoms with E-state index in [9.17, 15) is 0 Å². The second kappa shape index (κ2) is 10.4. The van der Waals surface area contributed by atoms with E-state index in [1.807, 2.05) is 12.1 Å². The van der Waals surface area contributed by atoms with Crippen molar-refractivity contribution in [1.29, 1.82) is 0 Å². The molecule has 0 atom stereocenters. The second-order valence-electron chi connectivity index (χ2n) is 11.7. The van der Waals surface area contributed by atoms with Crippen LogP contribution in [0, 0.1) is 0 Å². The number of hydrogen-bond donors (Lipinski definition) is 0. The molecule has 3 heteroatoms. The minimum absolute atomic E-state index is 0.0522. The third-order valence-electron chi connectivity index (χ3n) is 9.01. The van der Waals surface area contributed by atoms with Gasteiger partial charge in [-0.15, -0.1) is 0 Å². The zero-order valence-electron chi connectivity index (χ0n) is 24.5. The molecule has 7 aromatic carbocycles. The summed E-state index contributed by atoms with van der Waals surface area (Å²) < 4.78 is 13.1. The van der Waals surface area contributed by atoms with Crippen LogP contribution in [0.25, 0.3) is 44.5 Å². The van der Waals surface area contributed by atoms with E-state index in [4.69, 9.17) is 9.47 Å². The molecule has 45 heavy (non-hydrogen) atoms. The van der Waals surface area contributed by atoms with Gasteiger partial charge in [0.25, 0.3) is 6.71 Å². The molecule has 0 N–H and O–H groups in total. The van der Waals surface area contributed by atoms with E-state index < -0.39 is 0 Å². The summed E-state index contributed by atoms with van der Waals surface area (Å²) >= 11 is 0. The average molecular weight is 574 g/mol. The van der Waals surface area contributed by atoms with Gasteiger partial charge in [-0.05, 0) is 92.3 Å². The zero-order chi connectivity index (χ0) is 29.7. The van der Waals surface area contributed by atoms with E-state index in [0.29, 0.717) is 0 Å². The Kier molecular flexibility index (Phi) is 5.95. The van der Waals surface area contributed by atoms with E-state index in [2.05, 4.69) is 152 Å². The summed E-state index contributed by atoms with van der Waals surface area (Å²) in [4.78, 5) is 0. The number of hydrogen-bond acceptors (Lipinski definition) is 2. The molecule has 2 aliphatic heterocycles. The Labute approximate surface area is 263 Å². The van der Waals surface area contributed by atoms with E-state index >= 15 is 0 Å². The standard InChI is InChI=1S/C42H27BO2/c1-2-11-28(12-3-1)29-13-8-14-30(25-29)31-15-9-16-32(26-31)33-17-10-18-34(27-33)35-23-24-40-41-42(35)45-39-22-7-5-20-37(39)43(41)36-19-4-6-21-38(36)44-40/h1-27H. The third kappa shape index (κ3) is 4.36. The van der Waals surface area contributed by atoms with Gasteiger partial charge in [-0.1, -0.05) is 121 Å². The first-order valence-electron chi connectivity index (χ1n) is 15.4. The summed E-state index contributed by atoms with van der Waals surface area (Å²) in [5.74, 6) is 3.52. The number of fused-ring (bicyclic) bond motifs is 4. The average Bonchev–Trinajstić information content (AvgIpc) is 3.12. The van der Waals surface area contributed by atoms with Gasteiger partial charge < -0.3 is 9.47 Å². The molecular weight excluding hydrogens is 547 g/mol. The monoisotopic (exact) mass is 574 g/mol. The summed E-state index contributed by atoms with van der Waals surface area (Å²) in [5.41, 5.74) is 12.8. The van der Waals surface area contributed by atoms with Crippen molar-refractivity contribution in [2.45, 2.75) is 0 Å². The van der Waals surface area contributed by atoms with E-state index in [1.165, 1.54) is 38.7 Å². The predicted octanol–water partition coefficient (Wildman–Crippen LogP) is 9.08. The molecule has 2 nitrogen and oxygen atoms in total. The normalized spacial score (nSPS) is 12.3. The first kappa shape index (κ1) is 25.7. The lowest BCUT2D eigenvalue weighted by atomic mass is 9.34. The highest BCUT2D eigenvalue weighted by Crippen LogP contribution is 2.41. The maximum absolute atomic E-state index is 6.72. The molecular formula is C42H27BO2. The van der Waals surface area contributed by atoms with Gasteiger partial charge in [0.2, 0.25) is 0 Å². The van der Waals surface area contributed by atoms with Gasteiger partial charge in [0.05, 0.1) is 0 Å². The van der Waals surface area contributed by atoms with Gasteiger partial charge in [0.15, 0.2) is 0 Å². The van der Waals surface area contributed by atoms with Gasteiger partial charge >= 0.3 is 0 Å². The zero-order valence-corrected chi connectivity index (χ0v) is 24.5. The highest BCUT2D eigenvalue weighted by molar-refractivity contribution is 6.98. The van der Waals surface area contributed by atoms with E-state index in [-0.39, 0.29) is 6.71 Å². The van der Waals surface area contributed by atoms with Crippen molar-refractivity contribution in [1.82, 2.24) is 0 Å². The highest BCUT2D eigenvalue weighted by Gasteiger charge is 2.40. The lowest BCUT2D eigenvalue weighted by Gasteiger charge is -2.34. The minimum Gasteiger partial charge on any atom is -0.458 e. The van der Waals surface area contributed by atoms with Gasteiger partial charge in [-0.2, -0.15) is 0 Å². The highest BCUT2D eigenvalue weighted by atomic mass is 16.5. The van der Waals surface area contributed by atoms with Crippen molar-refractivity contribution in [3.05, 3.63) is 164 Å². The molecule has 7 aromatic rings. The van der Waals surface area contributed by atoms with Crippen LogP contribution in [0.1, 0.15) is 0 Å². The third-order valence-corrected chi connectivity index (χ3v) is 9.01. The van der Waals surface area contributed by atoms with Crippen molar-refractivity contribution in [3.63, 3.8) is 0 Å². The largest absolute Gasteiger partial charge is 0.458 e. The number of para-hydroxylation sites is 2. The number of rotatable bonds is 4. The number of ether oxygens (including phenoxy) is 2. The van der Waals surface area contributed by atoms with Crippen molar-refractivity contribution in [3.8, 4) is 67.5 Å². The maximum Gasteiger partial charge on any atom is 0.260 e. The van der Waals surface area contributed by atoms with Gasteiger partial charge in [0.1, 0.15) is 23.0 Å². The number of benzene rings is 7. The van der Waals surface area contributed by atoms with E-state index in [1.54, 1.807) is 0 Å². The fraction of sp³-hybridized carbons (Fsp3) is 0. The molecule has 2 aliphatic rings. The Morgan fingerprint density at radius 2 is 0.800 bits per heavy atom. The Morgan fingerprint density at radius 3 is 1.42 bits per heavy atom. The molecule has 0 saturated carbocycles. The molecule has 0 saturated heterocycles. The molecule has 0 aromatic heterocycles. The smallest absolute Gasteiger partial charge is 0.260 e. The summed E-state index contributed by atoms with van der Waals surface area (Å²) in [5, 5.41) is 0. The Bertz CT molecular complexity index is 2230. The summed E-state index contributed by atoms with van der Waals surface area (Å²) in [7, 11) is 0. The lowest BCUT2D eigenvalue weighted by Crippen LogP contribution is -2.57. The van der Waals surface area contributed by atoms with Crippen LogP contribution in [0.2, 0.25) is 0 Å². The quantitative estimate of drug-likeness (QED) is 0.195. The summed E-state index contributed by atoms with van der Waals surface area (Å²) in [6.45, 7) is 0.0522. The molecule has 2 heterocycles. The molecule has 0 fully saturated rings. The first-order chi connectivity index (χ1) is 22.3. The van der Waals surface area contributed by atoms with Crippen LogP contribution in [0.3, 0.4) is 0 Å². The van der Waals surface area contributed by atoms with Gasteiger partial charge in [-0.3, -0.25) is 0 Å². The van der Waals surface area contributed by atoms with Crippen LogP contribution in [0.5, 0.6) is 23.0 Å². The van der Waals surface area contributed by atoms with Crippen LogP contribution in [-0.4, -0.2) is 6.71 Å². The second-order valence-corrected chi connectivity index (χ2v) is 11.7. The molecule has 0 unspecified atom stereocenters. The Hall–Kier alpha value is -5.80. The first-order valence-corrected chi connectivity index (χ1v) is 15.4. The van der Waals surface area contributed by atoms with Crippen molar-refractivity contribution >= 4 is 23.1 Å². The van der Waals surface area contributed by atoms with Gasteiger partial charge in [0, 0.05) is 11.0 Å². The van der Waals surface area contributed by atoms with Crippen molar-refractivity contribution < 1.29 is 9.47 Å². The fourth-order valence-corrected chi connectivity index (χ4v) is 6.87. The van der Waals surface area contributed by atoms with Crippen LogP contribution in [-0.2, 0) is 0 Å². The van der Waals surface area contributed by atoms with Crippen LogP contribution >= 0.6 is 0 Å². The molecule has 210 valence electrons. The van der Waals surface area contributed by atoms with Gasteiger partial charge in [-0.25, -0.2) is 0 Å². The maximum atomic E-state index is 6.72. The molecule has 0 spiro atoms. The molecule has 0 radical (unpaired) electrons. The predicted molar refractivity (Wildman–Crippen MR) is 186 cm³/mol. The van der Waals surface area contributed by atoms with Crippen molar-refractivity contribution in [2.75, 3.05) is 0 Å². The topological polar surface area (TPSA) is 18.5 Å².